The average Bonchev–Trinajstić information content (AvgIpc) is 3.20. The zero-order valence-corrected chi connectivity index (χ0v) is 13.0. The largest absolute Gasteiger partial charge is 0.391 e. The minimum Gasteiger partial charge on any atom is -0.391 e. The van der Waals surface area contributed by atoms with Crippen molar-refractivity contribution in [3.05, 3.63) is 30.4 Å². The van der Waals surface area contributed by atoms with E-state index in [0.717, 1.165) is 32.4 Å². The van der Waals surface area contributed by atoms with Gasteiger partial charge in [0.15, 0.2) is 0 Å². The molecule has 1 amide bonds. The Kier molecular flexibility index (Phi) is 3.74. The SMILES string of the molecule is O=C(c1cn2cccnc2n1)N1CCN([C@@H]2CCC[C@@H]2O)CC1. The minimum atomic E-state index is -0.207. The molecule has 0 unspecified atom stereocenters. The van der Waals surface area contributed by atoms with E-state index in [4.69, 9.17) is 0 Å². The molecule has 23 heavy (non-hydrogen) atoms. The molecule has 0 aromatic carbocycles. The first-order valence-electron chi connectivity index (χ1n) is 8.23. The van der Waals surface area contributed by atoms with Crippen LogP contribution in [-0.4, -0.2) is 73.5 Å². The Balaban J connectivity index is 1.42. The highest BCUT2D eigenvalue weighted by atomic mass is 16.3. The van der Waals surface area contributed by atoms with Crippen LogP contribution >= 0.6 is 0 Å². The van der Waals surface area contributed by atoms with Gasteiger partial charge in [0.25, 0.3) is 5.91 Å². The molecular weight excluding hydrogens is 294 g/mol. The number of carbonyl (C=O) groups is 1. The summed E-state index contributed by atoms with van der Waals surface area (Å²) in [4.78, 5) is 25.2. The quantitative estimate of drug-likeness (QED) is 0.868. The molecule has 7 nitrogen and oxygen atoms in total. The van der Waals surface area contributed by atoms with Gasteiger partial charge in [0.2, 0.25) is 5.78 Å². The summed E-state index contributed by atoms with van der Waals surface area (Å²) in [5.74, 6) is 0.505. The van der Waals surface area contributed by atoms with E-state index in [-0.39, 0.29) is 18.1 Å². The van der Waals surface area contributed by atoms with Crippen LogP contribution in [0.3, 0.4) is 0 Å². The van der Waals surface area contributed by atoms with E-state index >= 15 is 0 Å². The van der Waals surface area contributed by atoms with Crippen molar-refractivity contribution >= 4 is 11.7 Å². The molecule has 4 rings (SSSR count). The first-order chi connectivity index (χ1) is 11.2. The van der Waals surface area contributed by atoms with Gasteiger partial charge in [-0.15, -0.1) is 0 Å². The molecule has 3 heterocycles. The van der Waals surface area contributed by atoms with Gasteiger partial charge in [-0.3, -0.25) is 14.1 Å². The van der Waals surface area contributed by atoms with Crippen LogP contribution in [-0.2, 0) is 0 Å². The number of rotatable bonds is 2. The van der Waals surface area contributed by atoms with Gasteiger partial charge in [-0.2, -0.15) is 0 Å². The zero-order chi connectivity index (χ0) is 15.8. The normalized spacial score (nSPS) is 26.0. The van der Waals surface area contributed by atoms with Gasteiger partial charge >= 0.3 is 0 Å². The maximum Gasteiger partial charge on any atom is 0.274 e. The Morgan fingerprint density at radius 2 is 2.04 bits per heavy atom. The monoisotopic (exact) mass is 315 g/mol. The standard InChI is InChI=1S/C16H21N5O2/c22-14-4-1-3-13(14)19-7-9-20(10-8-19)15(23)12-11-21-6-2-5-17-16(21)18-12/h2,5-6,11,13-14,22H,1,3-4,7-10H2/t13-,14+/m1/s1. The summed E-state index contributed by atoms with van der Waals surface area (Å²) in [5, 5.41) is 10.0. The number of hydrogen-bond acceptors (Lipinski definition) is 5. The van der Waals surface area contributed by atoms with E-state index in [2.05, 4.69) is 14.9 Å². The van der Waals surface area contributed by atoms with Crippen LogP contribution in [0.4, 0.5) is 0 Å². The molecule has 1 aliphatic heterocycles. The lowest BCUT2D eigenvalue weighted by Crippen LogP contribution is -2.53. The van der Waals surface area contributed by atoms with Gasteiger partial charge < -0.3 is 10.0 Å². The Morgan fingerprint density at radius 3 is 2.74 bits per heavy atom. The summed E-state index contributed by atoms with van der Waals surface area (Å²) in [6, 6.07) is 2.08. The molecule has 122 valence electrons. The highest BCUT2D eigenvalue weighted by Crippen LogP contribution is 2.25. The summed E-state index contributed by atoms with van der Waals surface area (Å²) in [5.41, 5.74) is 0.443. The number of aliphatic hydroxyl groups excluding tert-OH is 1. The van der Waals surface area contributed by atoms with E-state index in [1.165, 1.54) is 0 Å². The molecule has 2 fully saturated rings. The third-order valence-corrected chi connectivity index (χ3v) is 4.97. The van der Waals surface area contributed by atoms with Crippen molar-refractivity contribution in [2.75, 3.05) is 26.2 Å². The molecular formula is C16H21N5O2. The van der Waals surface area contributed by atoms with Gasteiger partial charge in [-0.05, 0) is 25.3 Å². The highest BCUT2D eigenvalue weighted by Gasteiger charge is 2.33. The first-order valence-corrected chi connectivity index (χ1v) is 8.23. The minimum absolute atomic E-state index is 0.0397. The fraction of sp³-hybridized carbons (Fsp3) is 0.562. The maximum atomic E-state index is 12.6. The van der Waals surface area contributed by atoms with Crippen molar-refractivity contribution in [2.45, 2.75) is 31.4 Å². The summed E-state index contributed by atoms with van der Waals surface area (Å²) in [6.45, 7) is 3.00. The van der Waals surface area contributed by atoms with Crippen molar-refractivity contribution in [3.63, 3.8) is 0 Å². The molecule has 0 bridgehead atoms. The average molecular weight is 315 g/mol. The van der Waals surface area contributed by atoms with Gasteiger partial charge in [0.1, 0.15) is 5.69 Å². The van der Waals surface area contributed by atoms with E-state index in [9.17, 15) is 9.90 Å². The number of nitrogens with zero attached hydrogens (tertiary/aromatic N) is 5. The third kappa shape index (κ3) is 2.70. The van der Waals surface area contributed by atoms with E-state index in [1.807, 2.05) is 17.2 Å². The molecule has 2 aromatic heterocycles. The van der Waals surface area contributed by atoms with E-state index < -0.39 is 0 Å². The van der Waals surface area contributed by atoms with Crippen molar-refractivity contribution < 1.29 is 9.90 Å². The highest BCUT2D eigenvalue weighted by molar-refractivity contribution is 5.92. The molecule has 1 N–H and O–H groups in total. The lowest BCUT2D eigenvalue weighted by Gasteiger charge is -2.38. The molecule has 0 spiro atoms. The Bertz CT molecular complexity index is 674. The molecule has 2 aromatic rings. The van der Waals surface area contributed by atoms with Gasteiger partial charge in [0, 0.05) is 50.8 Å². The van der Waals surface area contributed by atoms with Crippen molar-refractivity contribution in [3.8, 4) is 0 Å². The Hall–Kier alpha value is -1.99. The molecule has 2 atom stereocenters. The summed E-state index contributed by atoms with van der Waals surface area (Å²) >= 11 is 0. The first kappa shape index (κ1) is 14.6. The second-order valence-electron chi connectivity index (χ2n) is 6.35. The van der Waals surface area contributed by atoms with E-state index in [1.54, 1.807) is 16.8 Å². The predicted molar refractivity (Wildman–Crippen MR) is 84.1 cm³/mol. The number of aromatic nitrogens is 3. The van der Waals surface area contributed by atoms with Gasteiger partial charge in [0.05, 0.1) is 6.10 Å². The predicted octanol–water partition coefficient (Wildman–Crippen LogP) is 0.401. The molecule has 7 heteroatoms. The number of imidazole rings is 1. The Morgan fingerprint density at radius 1 is 1.22 bits per heavy atom. The fourth-order valence-corrected chi connectivity index (χ4v) is 3.70. The number of amides is 1. The second kappa shape index (κ2) is 5.90. The lowest BCUT2D eigenvalue weighted by molar-refractivity contribution is 0.0313. The van der Waals surface area contributed by atoms with Crippen LogP contribution in [0.2, 0.25) is 0 Å². The molecule has 1 aliphatic carbocycles. The van der Waals surface area contributed by atoms with Crippen LogP contribution < -0.4 is 0 Å². The number of aliphatic hydroxyl groups is 1. The number of fused-ring (bicyclic) bond motifs is 1. The van der Waals surface area contributed by atoms with Crippen LogP contribution in [0, 0.1) is 0 Å². The van der Waals surface area contributed by atoms with Gasteiger partial charge in [-0.1, -0.05) is 0 Å². The fourth-order valence-electron chi connectivity index (χ4n) is 3.70. The van der Waals surface area contributed by atoms with Crippen molar-refractivity contribution in [2.24, 2.45) is 0 Å². The van der Waals surface area contributed by atoms with Crippen LogP contribution in [0.15, 0.2) is 24.7 Å². The Labute approximate surface area is 134 Å². The topological polar surface area (TPSA) is 74.0 Å². The number of carbonyl (C=O) groups excluding carboxylic acids is 1. The molecule has 1 saturated carbocycles. The third-order valence-electron chi connectivity index (χ3n) is 4.97. The number of hydrogen-bond donors (Lipinski definition) is 1. The van der Waals surface area contributed by atoms with Crippen LogP contribution in [0.5, 0.6) is 0 Å². The molecule has 2 aliphatic rings. The van der Waals surface area contributed by atoms with Crippen LogP contribution in [0.25, 0.3) is 5.78 Å². The lowest BCUT2D eigenvalue weighted by atomic mass is 10.1. The van der Waals surface area contributed by atoms with E-state index in [0.29, 0.717) is 24.6 Å². The number of piperazine rings is 1. The zero-order valence-electron chi connectivity index (χ0n) is 13.0. The van der Waals surface area contributed by atoms with Gasteiger partial charge in [-0.25, -0.2) is 9.97 Å². The summed E-state index contributed by atoms with van der Waals surface area (Å²) < 4.78 is 1.76. The molecule has 0 radical (unpaired) electrons. The summed E-state index contributed by atoms with van der Waals surface area (Å²) in [6.07, 6.45) is 8.09. The smallest absolute Gasteiger partial charge is 0.274 e. The summed E-state index contributed by atoms with van der Waals surface area (Å²) in [7, 11) is 0. The molecule has 1 saturated heterocycles. The maximum absolute atomic E-state index is 12.6. The second-order valence-corrected chi connectivity index (χ2v) is 6.35. The van der Waals surface area contributed by atoms with Crippen molar-refractivity contribution in [1.82, 2.24) is 24.2 Å². The van der Waals surface area contributed by atoms with Crippen molar-refractivity contribution in [1.29, 1.82) is 0 Å². The van der Waals surface area contributed by atoms with Crippen LogP contribution in [0.1, 0.15) is 29.8 Å².